The van der Waals surface area contributed by atoms with Crippen LogP contribution < -0.4 is 0 Å². The van der Waals surface area contributed by atoms with Crippen molar-refractivity contribution in [2.24, 2.45) is 46.3 Å². The van der Waals surface area contributed by atoms with Gasteiger partial charge < -0.3 is 15.3 Å². The lowest BCUT2D eigenvalue weighted by molar-refractivity contribution is -0.141. The van der Waals surface area contributed by atoms with Gasteiger partial charge in [-0.2, -0.15) is 0 Å². The Kier molecular flexibility index (Phi) is 6.37. The summed E-state index contributed by atoms with van der Waals surface area (Å²) in [6.45, 7) is 9.11. The third-order valence-corrected chi connectivity index (χ3v) is 10.6. The second-order valence-electron chi connectivity index (χ2n) is 12.2. The summed E-state index contributed by atoms with van der Waals surface area (Å²) in [5.74, 6) is 1.83. The molecule has 4 rings (SSSR count). The Morgan fingerprint density at radius 3 is 2.52 bits per heavy atom. The monoisotopic (exact) mass is 432 g/mol. The number of carboxylic acid groups (broad SMARTS) is 1. The Balaban J connectivity index is 1.48. The summed E-state index contributed by atoms with van der Waals surface area (Å²) in [5, 5.41) is 30.6. The van der Waals surface area contributed by atoms with Crippen molar-refractivity contribution in [1.29, 1.82) is 0 Å². The van der Waals surface area contributed by atoms with Crippen molar-refractivity contribution < 1.29 is 20.1 Å². The average molecular weight is 433 g/mol. The molecule has 10 atom stereocenters. The fraction of sp³-hybridized carbons (Fsp3) is 0.889. The predicted octanol–water partition coefficient (Wildman–Crippen LogP) is 5.42. The highest BCUT2D eigenvalue weighted by Crippen LogP contribution is 2.67. The average Bonchev–Trinajstić information content (AvgIpc) is 3.06. The lowest BCUT2D eigenvalue weighted by Crippen LogP contribution is -2.54. The predicted molar refractivity (Wildman–Crippen MR) is 122 cm³/mol. The standard InChI is InChI=1S/C27H44O4/c1-16(6-5-7-17(2)25(30)31)20-8-9-21-24-22(11-13-27(20,21)4)26(3)12-10-19(28)14-18(26)15-23(24)29/h15-17,19-24,28-29H,5-14H2,1-4H3,(H,30,31)/t16-,17+,19+,20-,21+,22+,23+,24+,26+,27-/m1/s1. The molecule has 3 saturated carbocycles. The van der Waals surface area contributed by atoms with Crippen LogP contribution in [-0.4, -0.2) is 33.5 Å². The molecule has 0 aromatic carbocycles. The summed E-state index contributed by atoms with van der Waals surface area (Å²) in [4.78, 5) is 11.1. The Morgan fingerprint density at radius 1 is 1.06 bits per heavy atom. The highest BCUT2D eigenvalue weighted by Gasteiger charge is 2.61. The van der Waals surface area contributed by atoms with Crippen LogP contribution in [0.1, 0.15) is 91.9 Å². The molecule has 31 heavy (non-hydrogen) atoms. The molecule has 4 nitrogen and oxygen atoms in total. The van der Waals surface area contributed by atoms with Crippen LogP contribution in [0.25, 0.3) is 0 Å². The van der Waals surface area contributed by atoms with Crippen LogP contribution >= 0.6 is 0 Å². The van der Waals surface area contributed by atoms with Gasteiger partial charge in [0.25, 0.3) is 0 Å². The van der Waals surface area contributed by atoms with Crippen LogP contribution in [0.4, 0.5) is 0 Å². The molecule has 3 fully saturated rings. The molecule has 4 aliphatic carbocycles. The molecule has 0 unspecified atom stereocenters. The summed E-state index contributed by atoms with van der Waals surface area (Å²) >= 11 is 0. The van der Waals surface area contributed by atoms with Crippen molar-refractivity contribution in [1.82, 2.24) is 0 Å². The van der Waals surface area contributed by atoms with Gasteiger partial charge in [-0.15, -0.1) is 0 Å². The van der Waals surface area contributed by atoms with Gasteiger partial charge in [0.05, 0.1) is 18.1 Å². The maximum absolute atomic E-state index is 11.3. The molecule has 0 bridgehead atoms. The van der Waals surface area contributed by atoms with E-state index in [-0.39, 0.29) is 29.0 Å². The van der Waals surface area contributed by atoms with E-state index in [4.69, 9.17) is 5.11 Å². The molecule has 0 saturated heterocycles. The Bertz CT molecular complexity index is 716. The third kappa shape index (κ3) is 3.90. The van der Waals surface area contributed by atoms with Crippen molar-refractivity contribution in [3.63, 3.8) is 0 Å². The zero-order chi connectivity index (χ0) is 22.6. The minimum absolute atomic E-state index is 0.154. The van der Waals surface area contributed by atoms with Gasteiger partial charge in [0.2, 0.25) is 0 Å². The fourth-order valence-corrected chi connectivity index (χ4v) is 8.68. The van der Waals surface area contributed by atoms with E-state index in [1.165, 1.54) is 31.3 Å². The largest absolute Gasteiger partial charge is 0.481 e. The van der Waals surface area contributed by atoms with Gasteiger partial charge in [-0.1, -0.05) is 52.2 Å². The van der Waals surface area contributed by atoms with Crippen molar-refractivity contribution in [2.75, 3.05) is 0 Å². The second kappa shape index (κ2) is 8.48. The Labute approximate surface area is 188 Å². The minimum Gasteiger partial charge on any atom is -0.481 e. The Hall–Kier alpha value is -0.870. The lowest BCUT2D eigenvalue weighted by atomic mass is 9.46. The van der Waals surface area contributed by atoms with Gasteiger partial charge in [-0.25, -0.2) is 0 Å². The lowest BCUT2D eigenvalue weighted by Gasteiger charge is -2.59. The quantitative estimate of drug-likeness (QED) is 0.490. The minimum atomic E-state index is -0.679. The second-order valence-corrected chi connectivity index (χ2v) is 12.2. The summed E-state index contributed by atoms with van der Waals surface area (Å²) in [7, 11) is 0. The molecule has 4 heteroatoms. The molecule has 0 aromatic rings. The molecular weight excluding hydrogens is 388 g/mol. The topological polar surface area (TPSA) is 77.8 Å². The molecule has 0 radical (unpaired) electrons. The van der Waals surface area contributed by atoms with Crippen molar-refractivity contribution in [3.8, 4) is 0 Å². The van der Waals surface area contributed by atoms with Crippen molar-refractivity contribution >= 4 is 5.97 Å². The first-order valence-electron chi connectivity index (χ1n) is 12.9. The smallest absolute Gasteiger partial charge is 0.306 e. The Morgan fingerprint density at radius 2 is 1.81 bits per heavy atom. The number of aliphatic hydroxyl groups is 2. The normalized spacial score (nSPS) is 46.3. The van der Waals surface area contributed by atoms with Gasteiger partial charge in [0, 0.05) is 0 Å². The third-order valence-electron chi connectivity index (χ3n) is 10.6. The van der Waals surface area contributed by atoms with E-state index >= 15 is 0 Å². The van der Waals surface area contributed by atoms with Crippen LogP contribution in [0.2, 0.25) is 0 Å². The zero-order valence-corrected chi connectivity index (χ0v) is 20.0. The molecular formula is C27H44O4. The van der Waals surface area contributed by atoms with Crippen molar-refractivity contribution in [3.05, 3.63) is 11.6 Å². The first kappa shape index (κ1) is 23.3. The van der Waals surface area contributed by atoms with Gasteiger partial charge in [0.1, 0.15) is 0 Å². The van der Waals surface area contributed by atoms with Gasteiger partial charge in [0.15, 0.2) is 0 Å². The number of aliphatic carboxylic acids is 1. The number of hydrogen-bond donors (Lipinski definition) is 3. The number of hydrogen-bond acceptors (Lipinski definition) is 3. The molecule has 0 aliphatic heterocycles. The zero-order valence-electron chi connectivity index (χ0n) is 20.0. The van der Waals surface area contributed by atoms with E-state index in [2.05, 4.69) is 26.8 Å². The molecule has 176 valence electrons. The van der Waals surface area contributed by atoms with Crippen LogP contribution in [-0.2, 0) is 4.79 Å². The number of aliphatic hydroxyl groups excluding tert-OH is 2. The van der Waals surface area contributed by atoms with E-state index in [1.807, 2.05) is 6.92 Å². The maximum atomic E-state index is 11.3. The fourth-order valence-electron chi connectivity index (χ4n) is 8.68. The van der Waals surface area contributed by atoms with E-state index in [9.17, 15) is 15.0 Å². The summed E-state index contributed by atoms with van der Waals surface area (Å²) < 4.78 is 0. The van der Waals surface area contributed by atoms with E-state index in [1.54, 1.807) is 0 Å². The first-order chi connectivity index (χ1) is 14.6. The maximum Gasteiger partial charge on any atom is 0.306 e. The van der Waals surface area contributed by atoms with Crippen molar-refractivity contribution in [2.45, 2.75) is 104 Å². The van der Waals surface area contributed by atoms with E-state index in [0.29, 0.717) is 29.6 Å². The van der Waals surface area contributed by atoms with Gasteiger partial charge in [-0.3, -0.25) is 4.79 Å². The van der Waals surface area contributed by atoms with Crippen LogP contribution in [0.15, 0.2) is 11.6 Å². The molecule has 0 amide bonds. The SMILES string of the molecule is C[C@H](CCC[C@H](C)C(=O)O)[C@H]1CC[C@H]2[C@@H]3[C@@H](O)C=C4C[C@@H](O)CC[C@]4(C)[C@H]3CC[C@]12C. The van der Waals surface area contributed by atoms with Gasteiger partial charge >= 0.3 is 5.97 Å². The highest BCUT2D eigenvalue weighted by molar-refractivity contribution is 5.69. The first-order valence-corrected chi connectivity index (χ1v) is 12.9. The number of carboxylic acids is 1. The van der Waals surface area contributed by atoms with Gasteiger partial charge in [-0.05, 0) is 91.8 Å². The van der Waals surface area contributed by atoms with E-state index < -0.39 is 5.97 Å². The van der Waals surface area contributed by atoms with Crippen LogP contribution in [0, 0.1) is 46.3 Å². The highest BCUT2D eigenvalue weighted by atomic mass is 16.4. The van der Waals surface area contributed by atoms with Crippen LogP contribution in [0.5, 0.6) is 0 Å². The molecule has 0 aromatic heterocycles. The summed E-state index contributed by atoms with van der Waals surface area (Å²) in [6, 6.07) is 0. The van der Waals surface area contributed by atoms with E-state index in [0.717, 1.165) is 38.5 Å². The molecule has 3 N–H and O–H groups in total. The number of carbonyl (C=O) groups is 1. The molecule has 0 spiro atoms. The summed E-state index contributed by atoms with van der Waals surface area (Å²) in [6.07, 6.45) is 12.0. The number of rotatable bonds is 6. The van der Waals surface area contributed by atoms with Crippen LogP contribution in [0.3, 0.4) is 0 Å². The summed E-state index contributed by atoms with van der Waals surface area (Å²) in [5.41, 5.74) is 1.76. The molecule has 0 heterocycles. The number of fused-ring (bicyclic) bond motifs is 5. The molecule has 4 aliphatic rings.